The highest BCUT2D eigenvalue weighted by Gasteiger charge is 2.30. The van der Waals surface area contributed by atoms with Crippen LogP contribution in [-0.2, 0) is 16.1 Å². The number of hydrogen-bond donors (Lipinski definition) is 1. The number of hydrogen-bond acceptors (Lipinski definition) is 8. The largest absolute Gasteiger partial charge is 0.481 e. The Balaban J connectivity index is 1.72. The summed E-state index contributed by atoms with van der Waals surface area (Å²) in [5.74, 6) is -1.75. The molecule has 0 radical (unpaired) electrons. The van der Waals surface area contributed by atoms with Gasteiger partial charge in [-0.1, -0.05) is 61.4 Å². The number of Topliss-reactive ketones (excluding diaryl/α,β-unsaturated/α-hetero) is 1. The minimum absolute atomic E-state index is 0.0370. The normalized spacial score (nSPS) is 12.4. The number of ether oxygens (including phenoxy) is 1. The Hall–Kier alpha value is -3.59. The van der Waals surface area contributed by atoms with E-state index in [4.69, 9.17) is 13.8 Å². The highest BCUT2D eigenvalue weighted by molar-refractivity contribution is 5.98. The van der Waals surface area contributed by atoms with Crippen LogP contribution in [0.2, 0.25) is 0 Å². The van der Waals surface area contributed by atoms with Gasteiger partial charge in [-0.3, -0.25) is 14.4 Å². The molecule has 0 fully saturated rings. The molecule has 9 nitrogen and oxygen atoms in total. The fourth-order valence-corrected chi connectivity index (χ4v) is 3.50. The number of aliphatic carboxylic acids is 1. The van der Waals surface area contributed by atoms with Gasteiger partial charge in [0.2, 0.25) is 11.5 Å². The first-order chi connectivity index (χ1) is 16.2. The summed E-state index contributed by atoms with van der Waals surface area (Å²) in [7, 11) is 0. The monoisotopic (exact) mass is 468 g/mol. The van der Waals surface area contributed by atoms with Gasteiger partial charge >= 0.3 is 5.97 Å². The molecule has 2 aromatic heterocycles. The summed E-state index contributed by atoms with van der Waals surface area (Å²) in [6, 6.07) is 11.1. The average molecular weight is 469 g/mol. The van der Waals surface area contributed by atoms with Gasteiger partial charge < -0.3 is 18.9 Å². The van der Waals surface area contributed by atoms with Crippen LogP contribution in [0.3, 0.4) is 0 Å². The Labute approximate surface area is 197 Å². The number of carboxylic acid groups (broad SMARTS) is 1. The number of ketones is 1. The molecular formula is C25H28N2O7. The summed E-state index contributed by atoms with van der Waals surface area (Å²) in [5.41, 5.74) is 0.854. The fraction of sp³-hybridized carbons (Fsp3) is 0.400. The third kappa shape index (κ3) is 6.26. The Morgan fingerprint density at radius 3 is 2.53 bits per heavy atom. The lowest BCUT2D eigenvalue weighted by molar-refractivity contribution is -0.137. The maximum atomic E-state index is 12.4. The van der Waals surface area contributed by atoms with Gasteiger partial charge in [-0.05, 0) is 18.4 Å². The molecule has 1 N–H and O–H groups in total. The zero-order valence-corrected chi connectivity index (χ0v) is 19.4. The molecule has 0 saturated heterocycles. The van der Waals surface area contributed by atoms with Crippen molar-refractivity contribution in [3.8, 4) is 11.5 Å². The van der Waals surface area contributed by atoms with Crippen LogP contribution in [0.5, 0.6) is 0 Å². The number of carboxylic acids is 1. The highest BCUT2D eigenvalue weighted by Crippen LogP contribution is 2.33. The van der Waals surface area contributed by atoms with Gasteiger partial charge in [0.05, 0.1) is 24.3 Å². The number of carbonyl (C=O) groups excluding carboxylic acids is 2. The summed E-state index contributed by atoms with van der Waals surface area (Å²) >= 11 is 0. The van der Waals surface area contributed by atoms with E-state index in [0.29, 0.717) is 32.3 Å². The number of rotatable bonds is 12. The van der Waals surface area contributed by atoms with E-state index in [2.05, 4.69) is 10.3 Å². The maximum absolute atomic E-state index is 12.4. The van der Waals surface area contributed by atoms with Crippen molar-refractivity contribution >= 4 is 18.0 Å². The van der Waals surface area contributed by atoms with Crippen molar-refractivity contribution in [3.05, 3.63) is 59.0 Å². The van der Waals surface area contributed by atoms with Gasteiger partial charge in [0.15, 0.2) is 17.7 Å². The summed E-state index contributed by atoms with van der Waals surface area (Å²) < 4.78 is 16.2. The SMILES string of the molecule is CC(C)(C)C(=O)c1cc(-c2onc([C@@H](CCCOCc3ccccc3)CC(=O)O)c2C=O)no1. The molecule has 34 heavy (non-hydrogen) atoms. The van der Waals surface area contributed by atoms with E-state index < -0.39 is 17.3 Å². The molecule has 0 aliphatic carbocycles. The van der Waals surface area contributed by atoms with Gasteiger partial charge in [0.1, 0.15) is 0 Å². The van der Waals surface area contributed by atoms with Crippen LogP contribution in [-0.4, -0.2) is 40.1 Å². The first-order valence-electron chi connectivity index (χ1n) is 11.0. The average Bonchev–Trinajstić information content (AvgIpc) is 3.44. The van der Waals surface area contributed by atoms with E-state index in [1.54, 1.807) is 20.8 Å². The van der Waals surface area contributed by atoms with Crippen molar-refractivity contribution in [1.82, 2.24) is 10.3 Å². The minimum Gasteiger partial charge on any atom is -0.481 e. The molecule has 2 heterocycles. The first-order valence-corrected chi connectivity index (χ1v) is 11.0. The third-order valence-corrected chi connectivity index (χ3v) is 5.28. The second kappa shape index (κ2) is 11.0. The zero-order chi connectivity index (χ0) is 24.7. The quantitative estimate of drug-likeness (QED) is 0.223. The molecule has 0 saturated carbocycles. The lowest BCUT2D eigenvalue weighted by Crippen LogP contribution is -2.19. The van der Waals surface area contributed by atoms with Crippen LogP contribution in [0.1, 0.15) is 78.1 Å². The van der Waals surface area contributed by atoms with Crippen molar-refractivity contribution in [3.63, 3.8) is 0 Å². The molecule has 9 heteroatoms. The van der Waals surface area contributed by atoms with E-state index >= 15 is 0 Å². The summed E-state index contributed by atoms with van der Waals surface area (Å²) in [6.07, 6.45) is 1.33. The molecule has 0 unspecified atom stereocenters. The lowest BCUT2D eigenvalue weighted by atomic mass is 9.89. The van der Waals surface area contributed by atoms with Gasteiger partial charge in [-0.15, -0.1) is 0 Å². The van der Waals surface area contributed by atoms with Crippen LogP contribution in [0.25, 0.3) is 11.5 Å². The van der Waals surface area contributed by atoms with Crippen LogP contribution in [0, 0.1) is 5.41 Å². The molecule has 0 amide bonds. The molecule has 1 aromatic carbocycles. The Bertz CT molecular complexity index is 1130. The Morgan fingerprint density at radius 2 is 1.88 bits per heavy atom. The molecule has 3 rings (SSSR count). The van der Waals surface area contributed by atoms with Gasteiger partial charge in [-0.2, -0.15) is 0 Å². The van der Waals surface area contributed by atoms with Crippen molar-refractivity contribution in [2.45, 2.75) is 52.6 Å². The van der Waals surface area contributed by atoms with E-state index in [-0.39, 0.29) is 40.7 Å². The Kier molecular flexibility index (Phi) is 8.12. The summed E-state index contributed by atoms with van der Waals surface area (Å²) in [6.45, 7) is 6.14. The predicted octanol–water partition coefficient (Wildman–Crippen LogP) is 4.93. The Morgan fingerprint density at radius 1 is 1.15 bits per heavy atom. The predicted molar refractivity (Wildman–Crippen MR) is 121 cm³/mol. The number of aromatic nitrogens is 2. The molecule has 0 bridgehead atoms. The molecular weight excluding hydrogens is 440 g/mol. The fourth-order valence-electron chi connectivity index (χ4n) is 3.50. The van der Waals surface area contributed by atoms with Crippen molar-refractivity contribution < 1.29 is 33.3 Å². The number of nitrogens with zero attached hydrogens (tertiary/aromatic N) is 2. The molecule has 180 valence electrons. The topological polar surface area (TPSA) is 133 Å². The molecule has 0 aliphatic rings. The molecule has 0 spiro atoms. The van der Waals surface area contributed by atoms with E-state index in [9.17, 15) is 19.5 Å². The molecule has 0 aliphatic heterocycles. The summed E-state index contributed by atoms with van der Waals surface area (Å²) in [4.78, 5) is 35.8. The van der Waals surface area contributed by atoms with Crippen molar-refractivity contribution in [2.24, 2.45) is 5.41 Å². The third-order valence-electron chi connectivity index (χ3n) is 5.28. The van der Waals surface area contributed by atoms with Crippen LogP contribution < -0.4 is 0 Å². The van der Waals surface area contributed by atoms with Gasteiger partial charge in [0, 0.05) is 24.0 Å². The first kappa shape index (κ1) is 25.0. The number of benzene rings is 1. The van der Waals surface area contributed by atoms with E-state index in [1.807, 2.05) is 30.3 Å². The van der Waals surface area contributed by atoms with Crippen LogP contribution >= 0.6 is 0 Å². The number of aldehydes is 1. The minimum atomic E-state index is -1.02. The smallest absolute Gasteiger partial charge is 0.304 e. The van der Waals surface area contributed by atoms with Gasteiger partial charge in [0.25, 0.3) is 0 Å². The second-order valence-electron chi connectivity index (χ2n) is 9.06. The maximum Gasteiger partial charge on any atom is 0.304 e. The van der Waals surface area contributed by atoms with Crippen molar-refractivity contribution in [2.75, 3.05) is 6.61 Å². The zero-order valence-electron chi connectivity index (χ0n) is 19.4. The molecule has 1 atom stereocenters. The van der Waals surface area contributed by atoms with E-state index in [1.165, 1.54) is 6.07 Å². The van der Waals surface area contributed by atoms with E-state index in [0.717, 1.165) is 5.56 Å². The highest BCUT2D eigenvalue weighted by atomic mass is 16.5. The molecule has 3 aromatic rings. The summed E-state index contributed by atoms with van der Waals surface area (Å²) in [5, 5.41) is 17.2. The van der Waals surface area contributed by atoms with Crippen LogP contribution in [0.15, 0.2) is 45.4 Å². The standard InChI is InChI=1S/C25H28N2O7/c1-25(2,3)24(31)20-13-19(26-33-20)23-18(14-28)22(27-34-23)17(12-21(29)30)10-7-11-32-15-16-8-5-4-6-9-16/h4-6,8-9,13-14,17H,7,10-12,15H2,1-3H3,(H,29,30)/t17-/m0/s1. The number of carbonyl (C=O) groups is 3. The second-order valence-corrected chi connectivity index (χ2v) is 9.06. The van der Waals surface area contributed by atoms with Gasteiger partial charge in [-0.25, -0.2) is 0 Å². The lowest BCUT2D eigenvalue weighted by Gasteiger charge is -2.13. The van der Waals surface area contributed by atoms with Crippen molar-refractivity contribution in [1.29, 1.82) is 0 Å². The van der Waals surface area contributed by atoms with Crippen LogP contribution in [0.4, 0.5) is 0 Å².